The lowest BCUT2D eigenvalue weighted by Crippen LogP contribution is -2.49. The summed E-state index contributed by atoms with van der Waals surface area (Å²) < 4.78 is 8.23. The third kappa shape index (κ3) is 4.13. The lowest BCUT2D eigenvalue weighted by Gasteiger charge is -2.39. The van der Waals surface area contributed by atoms with Crippen molar-refractivity contribution < 1.29 is 14.3 Å². The molecule has 1 aliphatic carbocycles. The maximum absolute atomic E-state index is 12.6. The van der Waals surface area contributed by atoms with Crippen molar-refractivity contribution in [2.45, 2.75) is 51.7 Å². The maximum atomic E-state index is 12.6. The first kappa shape index (κ1) is 19.5. The zero-order valence-electron chi connectivity index (χ0n) is 17.0. The van der Waals surface area contributed by atoms with E-state index < -0.39 is 5.60 Å². The highest BCUT2D eigenvalue weighted by molar-refractivity contribution is 5.97. The van der Waals surface area contributed by atoms with Gasteiger partial charge in [0.05, 0.1) is 24.3 Å². The fourth-order valence-electron chi connectivity index (χ4n) is 4.36. The molecule has 1 spiro atoms. The lowest BCUT2D eigenvalue weighted by atomic mass is 9.78. The van der Waals surface area contributed by atoms with Gasteiger partial charge in [-0.25, -0.2) is 0 Å². The molecular formula is C22H28N4O3. The Balaban J connectivity index is 1.31. The third-order valence-electron chi connectivity index (χ3n) is 6.02. The molecule has 1 aliphatic heterocycles. The van der Waals surface area contributed by atoms with E-state index in [1.165, 1.54) is 0 Å². The highest BCUT2D eigenvalue weighted by Gasteiger charge is 2.41. The van der Waals surface area contributed by atoms with Crippen LogP contribution in [0, 0.1) is 19.8 Å². The molecule has 7 heteroatoms. The van der Waals surface area contributed by atoms with Gasteiger partial charge in [-0.1, -0.05) is 12.1 Å². The van der Waals surface area contributed by atoms with Crippen molar-refractivity contribution in [3.8, 4) is 5.75 Å². The molecule has 154 valence electrons. The summed E-state index contributed by atoms with van der Waals surface area (Å²) in [5.41, 5.74) is 2.24. The number of nitrogens with one attached hydrogen (secondary N) is 2. The molecule has 29 heavy (non-hydrogen) atoms. The number of benzene rings is 1. The van der Waals surface area contributed by atoms with Crippen molar-refractivity contribution >= 4 is 11.8 Å². The third-order valence-corrected chi connectivity index (χ3v) is 6.02. The molecular weight excluding hydrogens is 368 g/mol. The smallest absolute Gasteiger partial charge is 0.255 e. The number of carbonyl (C=O) groups excluding carboxylic acids is 2. The van der Waals surface area contributed by atoms with Crippen molar-refractivity contribution in [3.05, 3.63) is 47.3 Å². The van der Waals surface area contributed by atoms with E-state index in [0.717, 1.165) is 37.1 Å². The summed E-state index contributed by atoms with van der Waals surface area (Å²) in [6.07, 6.45) is 3.00. The van der Waals surface area contributed by atoms with Crippen LogP contribution in [0.25, 0.3) is 0 Å². The van der Waals surface area contributed by atoms with Crippen LogP contribution in [0.3, 0.4) is 0 Å². The molecule has 2 heterocycles. The first-order chi connectivity index (χ1) is 14.0. The largest absolute Gasteiger partial charge is 0.485 e. The van der Waals surface area contributed by atoms with Crippen LogP contribution in [0.4, 0.5) is 0 Å². The highest BCUT2D eigenvalue weighted by atomic mass is 16.5. The van der Waals surface area contributed by atoms with Gasteiger partial charge in [-0.3, -0.25) is 14.3 Å². The van der Waals surface area contributed by atoms with E-state index in [4.69, 9.17) is 4.74 Å². The van der Waals surface area contributed by atoms with Crippen LogP contribution < -0.4 is 15.4 Å². The van der Waals surface area contributed by atoms with Crippen LogP contribution in [0.15, 0.2) is 30.3 Å². The number of para-hydroxylation sites is 1. The summed E-state index contributed by atoms with van der Waals surface area (Å²) in [6.45, 7) is 5.71. The van der Waals surface area contributed by atoms with E-state index in [2.05, 4.69) is 15.7 Å². The molecule has 1 fully saturated rings. The summed E-state index contributed by atoms with van der Waals surface area (Å²) in [6, 6.07) is 9.39. The summed E-state index contributed by atoms with van der Waals surface area (Å²) in [7, 11) is 0. The number of amides is 2. The average Bonchev–Trinajstić information content (AvgIpc) is 2.96. The first-order valence-corrected chi connectivity index (χ1v) is 10.3. The molecule has 0 atom stereocenters. The number of rotatable bonds is 4. The Morgan fingerprint density at radius 3 is 2.79 bits per heavy atom. The number of carbonyl (C=O) groups is 2. The first-order valence-electron chi connectivity index (χ1n) is 10.3. The standard InChI is InChI=1S/C22H28N4O3/c1-15-13-16(2)26(25-15)12-11-23-20(27)17-7-9-22(10-8-17)14-24-21(28)18-5-3-4-6-19(18)29-22/h3-6,13,17H,7-12,14H2,1-2H3,(H,23,27)(H,24,28). The van der Waals surface area contributed by atoms with Gasteiger partial charge in [-0.05, 0) is 57.7 Å². The Kier molecular flexibility index (Phi) is 5.30. The van der Waals surface area contributed by atoms with Gasteiger partial charge in [0.2, 0.25) is 5.91 Å². The fourth-order valence-corrected chi connectivity index (χ4v) is 4.36. The molecule has 2 aromatic rings. The van der Waals surface area contributed by atoms with E-state index >= 15 is 0 Å². The van der Waals surface area contributed by atoms with Crippen LogP contribution in [0.1, 0.15) is 47.4 Å². The minimum atomic E-state index is -0.428. The van der Waals surface area contributed by atoms with E-state index in [1.54, 1.807) is 6.07 Å². The molecule has 1 aromatic carbocycles. The molecule has 0 radical (unpaired) electrons. The normalized spacial score (nSPS) is 23.7. The predicted octanol–water partition coefficient (Wildman–Crippen LogP) is 2.37. The molecule has 1 saturated carbocycles. The number of fused-ring (bicyclic) bond motifs is 1. The molecule has 2 amide bonds. The van der Waals surface area contributed by atoms with Crippen molar-refractivity contribution in [1.29, 1.82) is 0 Å². The van der Waals surface area contributed by atoms with E-state index in [0.29, 0.717) is 30.9 Å². The van der Waals surface area contributed by atoms with Gasteiger partial charge in [0.1, 0.15) is 11.4 Å². The summed E-state index contributed by atoms with van der Waals surface area (Å²) in [5, 5.41) is 10.5. The minimum Gasteiger partial charge on any atom is -0.485 e. The Morgan fingerprint density at radius 2 is 2.07 bits per heavy atom. The average molecular weight is 396 g/mol. The highest BCUT2D eigenvalue weighted by Crippen LogP contribution is 2.38. The van der Waals surface area contributed by atoms with E-state index in [-0.39, 0.29) is 17.7 Å². The van der Waals surface area contributed by atoms with Crippen LogP contribution in [0.5, 0.6) is 5.75 Å². The minimum absolute atomic E-state index is 0.0149. The van der Waals surface area contributed by atoms with Gasteiger partial charge in [-0.2, -0.15) is 5.10 Å². The topological polar surface area (TPSA) is 85.2 Å². The van der Waals surface area contributed by atoms with Gasteiger partial charge >= 0.3 is 0 Å². The zero-order valence-corrected chi connectivity index (χ0v) is 17.0. The molecule has 7 nitrogen and oxygen atoms in total. The summed E-state index contributed by atoms with van der Waals surface area (Å²) in [5.74, 6) is 0.620. The summed E-state index contributed by atoms with van der Waals surface area (Å²) >= 11 is 0. The van der Waals surface area contributed by atoms with Crippen molar-refractivity contribution in [1.82, 2.24) is 20.4 Å². The predicted molar refractivity (Wildman–Crippen MR) is 109 cm³/mol. The fraction of sp³-hybridized carbons (Fsp3) is 0.500. The number of hydrogen-bond donors (Lipinski definition) is 2. The number of hydrogen-bond acceptors (Lipinski definition) is 4. The molecule has 4 rings (SSSR count). The number of nitrogens with zero attached hydrogens (tertiary/aromatic N) is 2. The Bertz CT molecular complexity index is 913. The van der Waals surface area contributed by atoms with Crippen molar-refractivity contribution in [2.24, 2.45) is 5.92 Å². The van der Waals surface area contributed by atoms with Gasteiger partial charge in [0.25, 0.3) is 5.91 Å². The molecule has 2 N–H and O–H groups in total. The Hall–Kier alpha value is -2.83. The van der Waals surface area contributed by atoms with E-state index in [9.17, 15) is 9.59 Å². The SMILES string of the molecule is Cc1cc(C)n(CCNC(=O)C2CCC3(CC2)CNC(=O)c2ccccc2O3)n1. The van der Waals surface area contributed by atoms with Crippen molar-refractivity contribution in [3.63, 3.8) is 0 Å². The Labute approximate surface area is 170 Å². The number of aromatic nitrogens is 2. The second kappa shape index (κ2) is 7.89. The molecule has 2 aliphatic rings. The second-order valence-electron chi connectivity index (χ2n) is 8.18. The Morgan fingerprint density at radius 1 is 1.31 bits per heavy atom. The van der Waals surface area contributed by atoms with Crippen LogP contribution in [-0.2, 0) is 11.3 Å². The van der Waals surface area contributed by atoms with Crippen LogP contribution in [0.2, 0.25) is 0 Å². The van der Waals surface area contributed by atoms with Crippen LogP contribution in [-0.4, -0.2) is 40.3 Å². The zero-order chi connectivity index (χ0) is 20.4. The maximum Gasteiger partial charge on any atom is 0.255 e. The van der Waals surface area contributed by atoms with Crippen molar-refractivity contribution in [2.75, 3.05) is 13.1 Å². The van der Waals surface area contributed by atoms with Gasteiger partial charge < -0.3 is 15.4 Å². The molecule has 0 bridgehead atoms. The van der Waals surface area contributed by atoms with Gasteiger partial charge in [0.15, 0.2) is 0 Å². The monoisotopic (exact) mass is 396 g/mol. The van der Waals surface area contributed by atoms with E-state index in [1.807, 2.05) is 42.8 Å². The summed E-state index contributed by atoms with van der Waals surface area (Å²) in [4.78, 5) is 24.9. The van der Waals surface area contributed by atoms with Gasteiger partial charge in [0, 0.05) is 18.2 Å². The van der Waals surface area contributed by atoms with Crippen LogP contribution >= 0.6 is 0 Å². The molecule has 1 aromatic heterocycles. The number of ether oxygens (including phenoxy) is 1. The molecule has 0 saturated heterocycles. The van der Waals surface area contributed by atoms with Gasteiger partial charge in [-0.15, -0.1) is 0 Å². The second-order valence-corrected chi connectivity index (χ2v) is 8.18. The lowest BCUT2D eigenvalue weighted by molar-refractivity contribution is -0.127. The number of aryl methyl sites for hydroxylation is 2. The quantitative estimate of drug-likeness (QED) is 0.831. The molecule has 0 unspecified atom stereocenters.